The number of nitrogens with one attached hydrogen (secondary N) is 2. The van der Waals surface area contributed by atoms with E-state index in [1.165, 1.54) is 23.5 Å². The Bertz CT molecular complexity index is 1360. The van der Waals surface area contributed by atoms with Gasteiger partial charge in [-0.3, -0.25) is 14.9 Å². The molecule has 0 saturated carbocycles. The third-order valence-electron chi connectivity index (χ3n) is 5.28. The van der Waals surface area contributed by atoms with Gasteiger partial charge in [0, 0.05) is 34.0 Å². The lowest BCUT2D eigenvalue weighted by Crippen LogP contribution is -2.31. The van der Waals surface area contributed by atoms with Crippen LogP contribution in [0.2, 0.25) is 0 Å². The number of carbonyl (C=O) groups excluding carboxylic acids is 1. The highest BCUT2D eigenvalue weighted by atomic mass is 32.1. The van der Waals surface area contributed by atoms with Gasteiger partial charge in [0.1, 0.15) is 6.04 Å². The zero-order valence-electron chi connectivity index (χ0n) is 17.4. The number of nitro benzene ring substituents is 1. The molecule has 9 nitrogen and oxygen atoms in total. The van der Waals surface area contributed by atoms with E-state index < -0.39 is 11.0 Å². The highest BCUT2D eigenvalue weighted by molar-refractivity contribution is 7.10. The standard InChI is InChI=1S/C23H18N6O3S/c1-14-19(22(30)25-16-6-3-2-4-7-16)20(18-8-5-13-33-18)28-23(24-14)26-21(27-28)15-9-11-17(12-10-15)29(31)32/h2-13,20H,1H3,(H,25,30)(H,24,26,27). The third kappa shape index (κ3) is 3.87. The molecule has 1 aliphatic rings. The number of allylic oxidation sites excluding steroid dienone is 1. The van der Waals surface area contributed by atoms with Crippen molar-refractivity contribution in [1.82, 2.24) is 14.8 Å². The Labute approximate surface area is 192 Å². The molecule has 2 aromatic heterocycles. The number of aromatic nitrogens is 3. The molecule has 1 atom stereocenters. The van der Waals surface area contributed by atoms with E-state index in [1.807, 2.05) is 54.8 Å². The zero-order valence-corrected chi connectivity index (χ0v) is 18.2. The van der Waals surface area contributed by atoms with Crippen LogP contribution in [0.25, 0.3) is 11.4 Å². The maximum atomic E-state index is 13.3. The molecule has 3 heterocycles. The first-order valence-corrected chi connectivity index (χ1v) is 11.0. The zero-order chi connectivity index (χ0) is 22.9. The SMILES string of the molecule is CC1=C(C(=O)Nc2ccccc2)C(c2cccs2)n2nc(-c3ccc([N+](=O)[O-])cc3)nc2N1. The van der Waals surface area contributed by atoms with Crippen molar-refractivity contribution >= 4 is 34.6 Å². The van der Waals surface area contributed by atoms with E-state index in [1.54, 1.807) is 16.8 Å². The first-order valence-electron chi connectivity index (χ1n) is 10.1. The summed E-state index contributed by atoms with van der Waals surface area (Å²) in [5.74, 6) is 0.671. The molecule has 10 heteroatoms. The minimum absolute atomic E-state index is 0.00492. The molecule has 5 rings (SSSR count). The first-order chi connectivity index (χ1) is 16.0. The normalized spacial score (nSPS) is 15.0. The minimum Gasteiger partial charge on any atom is -0.328 e. The van der Waals surface area contributed by atoms with Crippen LogP contribution >= 0.6 is 11.3 Å². The Morgan fingerprint density at radius 1 is 1.12 bits per heavy atom. The number of carbonyl (C=O) groups is 1. The van der Waals surface area contributed by atoms with Crippen molar-refractivity contribution in [2.24, 2.45) is 0 Å². The lowest BCUT2D eigenvalue weighted by molar-refractivity contribution is -0.384. The fourth-order valence-electron chi connectivity index (χ4n) is 3.73. The maximum absolute atomic E-state index is 13.3. The van der Waals surface area contributed by atoms with Crippen LogP contribution < -0.4 is 10.6 Å². The highest BCUT2D eigenvalue weighted by Gasteiger charge is 2.35. The Morgan fingerprint density at radius 2 is 1.88 bits per heavy atom. The topological polar surface area (TPSA) is 115 Å². The Kier molecular flexibility index (Phi) is 5.19. The molecule has 0 spiro atoms. The number of nitro groups is 1. The Hall–Kier alpha value is -4.31. The van der Waals surface area contributed by atoms with Gasteiger partial charge in [-0.05, 0) is 42.6 Å². The highest BCUT2D eigenvalue weighted by Crippen LogP contribution is 2.38. The van der Waals surface area contributed by atoms with Gasteiger partial charge >= 0.3 is 0 Å². The molecule has 0 fully saturated rings. The summed E-state index contributed by atoms with van der Waals surface area (Å²) in [5, 5.41) is 23.7. The fraction of sp³-hybridized carbons (Fsp3) is 0.0870. The number of amides is 1. The lowest BCUT2D eigenvalue weighted by Gasteiger charge is -2.27. The summed E-state index contributed by atoms with van der Waals surface area (Å²) in [6.07, 6.45) is 0. The number of benzene rings is 2. The average Bonchev–Trinajstić information content (AvgIpc) is 3.49. The molecule has 0 radical (unpaired) electrons. The molecule has 2 N–H and O–H groups in total. The van der Waals surface area contributed by atoms with Crippen LogP contribution in [-0.4, -0.2) is 25.6 Å². The smallest absolute Gasteiger partial charge is 0.269 e. The summed E-state index contributed by atoms with van der Waals surface area (Å²) in [6, 6.07) is 18.8. The van der Waals surface area contributed by atoms with Crippen LogP contribution in [-0.2, 0) is 4.79 Å². The number of hydrogen-bond donors (Lipinski definition) is 2. The Morgan fingerprint density at radius 3 is 2.55 bits per heavy atom. The molecule has 0 bridgehead atoms. The molecule has 33 heavy (non-hydrogen) atoms. The van der Waals surface area contributed by atoms with Crippen LogP contribution in [0.1, 0.15) is 17.8 Å². The lowest BCUT2D eigenvalue weighted by atomic mass is 10.0. The van der Waals surface area contributed by atoms with E-state index in [4.69, 9.17) is 0 Å². The summed E-state index contributed by atoms with van der Waals surface area (Å²) < 4.78 is 1.69. The van der Waals surface area contributed by atoms with E-state index in [9.17, 15) is 14.9 Å². The van der Waals surface area contributed by atoms with Crippen molar-refractivity contribution < 1.29 is 9.72 Å². The average molecular weight is 459 g/mol. The Balaban J connectivity index is 1.55. The van der Waals surface area contributed by atoms with Gasteiger partial charge in [-0.1, -0.05) is 24.3 Å². The molecule has 0 aliphatic carbocycles. The first kappa shape index (κ1) is 20.6. The van der Waals surface area contributed by atoms with Crippen molar-refractivity contribution in [3.05, 3.63) is 98.4 Å². The minimum atomic E-state index is -0.468. The van der Waals surface area contributed by atoms with E-state index in [0.29, 0.717) is 34.3 Å². The molecule has 164 valence electrons. The number of para-hydroxylation sites is 1. The van der Waals surface area contributed by atoms with Crippen LogP contribution in [0.4, 0.5) is 17.3 Å². The molecule has 4 aromatic rings. The van der Waals surface area contributed by atoms with E-state index in [2.05, 4.69) is 20.7 Å². The van der Waals surface area contributed by atoms with E-state index >= 15 is 0 Å². The van der Waals surface area contributed by atoms with Crippen molar-refractivity contribution in [3.8, 4) is 11.4 Å². The van der Waals surface area contributed by atoms with Gasteiger partial charge in [0.25, 0.3) is 11.6 Å². The van der Waals surface area contributed by atoms with Crippen molar-refractivity contribution in [2.45, 2.75) is 13.0 Å². The number of anilines is 2. The van der Waals surface area contributed by atoms with E-state index in [-0.39, 0.29) is 11.6 Å². The number of rotatable bonds is 5. The van der Waals surface area contributed by atoms with Gasteiger partial charge in [0.15, 0.2) is 5.82 Å². The molecule has 2 aromatic carbocycles. The molecule has 1 unspecified atom stereocenters. The second-order valence-corrected chi connectivity index (χ2v) is 8.39. The molecular weight excluding hydrogens is 440 g/mol. The monoisotopic (exact) mass is 458 g/mol. The molecule has 1 aliphatic heterocycles. The predicted octanol–water partition coefficient (Wildman–Crippen LogP) is 4.84. The van der Waals surface area contributed by atoms with Gasteiger partial charge in [-0.15, -0.1) is 16.4 Å². The van der Waals surface area contributed by atoms with Crippen molar-refractivity contribution in [3.63, 3.8) is 0 Å². The predicted molar refractivity (Wildman–Crippen MR) is 126 cm³/mol. The number of hydrogen-bond acceptors (Lipinski definition) is 7. The number of fused-ring (bicyclic) bond motifs is 1. The van der Waals surface area contributed by atoms with Crippen molar-refractivity contribution in [2.75, 3.05) is 10.6 Å². The van der Waals surface area contributed by atoms with Crippen LogP contribution in [0, 0.1) is 10.1 Å². The molecule has 0 saturated heterocycles. The van der Waals surface area contributed by atoms with Gasteiger partial charge in [-0.25, -0.2) is 4.68 Å². The van der Waals surface area contributed by atoms with Crippen LogP contribution in [0.15, 0.2) is 83.4 Å². The van der Waals surface area contributed by atoms with Gasteiger partial charge < -0.3 is 10.6 Å². The van der Waals surface area contributed by atoms with Gasteiger partial charge in [-0.2, -0.15) is 4.98 Å². The third-order valence-corrected chi connectivity index (χ3v) is 6.20. The fourth-order valence-corrected chi connectivity index (χ4v) is 4.55. The largest absolute Gasteiger partial charge is 0.328 e. The van der Waals surface area contributed by atoms with Gasteiger partial charge in [0.05, 0.1) is 10.5 Å². The summed E-state index contributed by atoms with van der Waals surface area (Å²) in [6.45, 7) is 1.84. The number of thiophene rings is 1. The summed E-state index contributed by atoms with van der Waals surface area (Å²) in [7, 11) is 0. The molecule has 1 amide bonds. The second kappa shape index (κ2) is 8.32. The summed E-state index contributed by atoms with van der Waals surface area (Å²) in [5.41, 5.74) is 2.55. The maximum Gasteiger partial charge on any atom is 0.269 e. The van der Waals surface area contributed by atoms with Crippen LogP contribution in [0.3, 0.4) is 0 Å². The van der Waals surface area contributed by atoms with Crippen LogP contribution in [0.5, 0.6) is 0 Å². The summed E-state index contributed by atoms with van der Waals surface area (Å²) in [4.78, 5) is 29.4. The quantitative estimate of drug-likeness (QED) is 0.327. The number of non-ortho nitro benzene ring substituents is 1. The summed E-state index contributed by atoms with van der Waals surface area (Å²) >= 11 is 1.53. The number of nitrogens with zero attached hydrogens (tertiary/aromatic N) is 4. The second-order valence-electron chi connectivity index (χ2n) is 7.41. The van der Waals surface area contributed by atoms with Crippen molar-refractivity contribution in [1.29, 1.82) is 0 Å². The molecular formula is C23H18N6O3S. The van der Waals surface area contributed by atoms with E-state index in [0.717, 1.165) is 4.88 Å². The van der Waals surface area contributed by atoms with Gasteiger partial charge in [0.2, 0.25) is 5.95 Å².